The summed E-state index contributed by atoms with van der Waals surface area (Å²) in [6.07, 6.45) is 5.78. The molecule has 1 atom stereocenters. The highest BCUT2D eigenvalue weighted by Crippen LogP contribution is 2.14. The lowest BCUT2D eigenvalue weighted by Gasteiger charge is -2.13. The summed E-state index contributed by atoms with van der Waals surface area (Å²) < 4.78 is 5.71. The molecule has 0 aliphatic rings. The van der Waals surface area contributed by atoms with Gasteiger partial charge in [-0.3, -0.25) is 4.98 Å². The maximum Gasteiger partial charge on any atom is 0.139 e. The molecule has 0 aliphatic heterocycles. The van der Waals surface area contributed by atoms with Gasteiger partial charge in [0.2, 0.25) is 0 Å². The first-order valence-electron chi connectivity index (χ1n) is 5.57. The minimum Gasteiger partial charge on any atom is -0.489 e. The fourth-order valence-electron chi connectivity index (χ4n) is 1.40. The number of aromatic nitrogens is 1. The van der Waals surface area contributed by atoms with E-state index in [1.54, 1.807) is 12.4 Å². The molecule has 0 saturated carbocycles. The van der Waals surface area contributed by atoms with E-state index in [0.29, 0.717) is 6.54 Å². The molecule has 0 spiro atoms. The van der Waals surface area contributed by atoms with Crippen LogP contribution in [-0.4, -0.2) is 17.6 Å². The van der Waals surface area contributed by atoms with Crippen LogP contribution in [0.2, 0.25) is 0 Å². The number of nitrogens with two attached hydrogens (primary N) is 1. The van der Waals surface area contributed by atoms with Crippen molar-refractivity contribution in [3.05, 3.63) is 24.0 Å². The molecule has 1 heterocycles. The number of nitrogens with zero attached hydrogens (tertiary/aromatic N) is 1. The van der Waals surface area contributed by atoms with Crippen molar-refractivity contribution in [3.8, 4) is 17.6 Å². The molecule has 0 aliphatic carbocycles. The van der Waals surface area contributed by atoms with Crippen LogP contribution < -0.4 is 10.5 Å². The van der Waals surface area contributed by atoms with Crippen LogP contribution >= 0.6 is 0 Å². The van der Waals surface area contributed by atoms with Gasteiger partial charge in [-0.15, -0.1) is 0 Å². The Bertz CT molecular complexity index is 379. The molecule has 1 unspecified atom stereocenters. The van der Waals surface area contributed by atoms with Gasteiger partial charge in [0.1, 0.15) is 5.75 Å². The third kappa shape index (κ3) is 4.33. The van der Waals surface area contributed by atoms with Crippen molar-refractivity contribution in [2.75, 3.05) is 6.54 Å². The molecule has 86 valence electrons. The Morgan fingerprint density at radius 3 is 3.00 bits per heavy atom. The standard InChI is InChI=1S/C13H18N2O/c1-3-5-11(2)16-13-8-12(6-4-7-14)9-15-10-13/h8-11H,3,5,7,14H2,1-2H3. The molecule has 0 saturated heterocycles. The van der Waals surface area contributed by atoms with Crippen molar-refractivity contribution in [1.82, 2.24) is 4.98 Å². The first-order valence-corrected chi connectivity index (χ1v) is 5.57. The molecule has 0 amide bonds. The largest absolute Gasteiger partial charge is 0.489 e. The van der Waals surface area contributed by atoms with Crippen LogP contribution in [0.15, 0.2) is 18.5 Å². The predicted octanol–water partition coefficient (Wildman–Crippen LogP) is 1.96. The number of hydrogen-bond donors (Lipinski definition) is 1. The molecule has 1 rings (SSSR count). The third-order valence-electron chi connectivity index (χ3n) is 2.08. The van der Waals surface area contributed by atoms with E-state index in [4.69, 9.17) is 10.5 Å². The van der Waals surface area contributed by atoms with Crippen molar-refractivity contribution in [2.45, 2.75) is 32.8 Å². The molecule has 0 fully saturated rings. The first kappa shape index (κ1) is 12.5. The Kier molecular flexibility index (Phi) is 5.38. The lowest BCUT2D eigenvalue weighted by Crippen LogP contribution is -2.11. The van der Waals surface area contributed by atoms with Gasteiger partial charge < -0.3 is 10.5 Å². The molecule has 3 heteroatoms. The SMILES string of the molecule is CCCC(C)Oc1cncc(C#CCN)c1. The zero-order valence-corrected chi connectivity index (χ0v) is 9.86. The van der Waals surface area contributed by atoms with Crippen molar-refractivity contribution in [1.29, 1.82) is 0 Å². The second-order valence-electron chi connectivity index (χ2n) is 3.63. The quantitative estimate of drug-likeness (QED) is 0.786. The van der Waals surface area contributed by atoms with Gasteiger partial charge in [-0.2, -0.15) is 0 Å². The molecule has 0 radical (unpaired) electrons. The Hall–Kier alpha value is -1.53. The molecule has 0 bridgehead atoms. The molecule has 2 N–H and O–H groups in total. The maximum atomic E-state index is 5.71. The molecular weight excluding hydrogens is 200 g/mol. The van der Waals surface area contributed by atoms with Gasteiger partial charge in [0, 0.05) is 11.8 Å². The smallest absolute Gasteiger partial charge is 0.139 e. The number of pyridine rings is 1. The van der Waals surface area contributed by atoms with E-state index in [1.807, 2.05) is 6.07 Å². The minimum atomic E-state index is 0.213. The van der Waals surface area contributed by atoms with Gasteiger partial charge >= 0.3 is 0 Å². The highest BCUT2D eigenvalue weighted by Gasteiger charge is 2.03. The van der Waals surface area contributed by atoms with Crippen molar-refractivity contribution in [2.24, 2.45) is 5.73 Å². The fraction of sp³-hybridized carbons (Fsp3) is 0.462. The third-order valence-corrected chi connectivity index (χ3v) is 2.08. The highest BCUT2D eigenvalue weighted by molar-refractivity contribution is 5.36. The van der Waals surface area contributed by atoms with E-state index in [1.165, 1.54) is 0 Å². The molecule has 1 aromatic rings. The summed E-state index contributed by atoms with van der Waals surface area (Å²) in [6.45, 7) is 4.56. The summed E-state index contributed by atoms with van der Waals surface area (Å²) >= 11 is 0. The van der Waals surface area contributed by atoms with Crippen molar-refractivity contribution in [3.63, 3.8) is 0 Å². The van der Waals surface area contributed by atoms with E-state index in [-0.39, 0.29) is 6.10 Å². The van der Waals surface area contributed by atoms with E-state index >= 15 is 0 Å². The van der Waals surface area contributed by atoms with Crippen LogP contribution in [0.1, 0.15) is 32.3 Å². The zero-order chi connectivity index (χ0) is 11.8. The van der Waals surface area contributed by atoms with Gasteiger partial charge in [0.15, 0.2) is 0 Å². The van der Waals surface area contributed by atoms with Gasteiger partial charge in [-0.25, -0.2) is 0 Å². The van der Waals surface area contributed by atoms with Gasteiger partial charge in [0.05, 0.1) is 18.8 Å². The summed E-state index contributed by atoms with van der Waals surface area (Å²) in [7, 11) is 0. The van der Waals surface area contributed by atoms with Crippen LogP contribution in [0.5, 0.6) is 5.75 Å². The number of ether oxygens (including phenoxy) is 1. The maximum absolute atomic E-state index is 5.71. The second-order valence-corrected chi connectivity index (χ2v) is 3.63. The van der Waals surface area contributed by atoms with Gasteiger partial charge in [-0.05, 0) is 19.4 Å². The van der Waals surface area contributed by atoms with E-state index in [0.717, 1.165) is 24.2 Å². The summed E-state index contributed by atoms with van der Waals surface area (Å²) in [5.74, 6) is 6.49. The van der Waals surface area contributed by atoms with Crippen LogP contribution in [0.25, 0.3) is 0 Å². The van der Waals surface area contributed by atoms with Crippen molar-refractivity contribution < 1.29 is 4.74 Å². The van der Waals surface area contributed by atoms with Crippen LogP contribution in [0, 0.1) is 11.8 Å². The predicted molar refractivity (Wildman–Crippen MR) is 65.2 cm³/mol. The Labute approximate surface area is 97.0 Å². The Balaban J connectivity index is 2.67. The monoisotopic (exact) mass is 218 g/mol. The fourth-order valence-corrected chi connectivity index (χ4v) is 1.40. The molecular formula is C13H18N2O. The second kappa shape index (κ2) is 6.86. The lowest BCUT2D eigenvalue weighted by molar-refractivity contribution is 0.209. The van der Waals surface area contributed by atoms with Gasteiger partial charge in [0.25, 0.3) is 0 Å². The lowest BCUT2D eigenvalue weighted by atomic mass is 10.2. The number of hydrogen-bond acceptors (Lipinski definition) is 3. The summed E-state index contributed by atoms with van der Waals surface area (Å²) in [5, 5.41) is 0. The van der Waals surface area contributed by atoms with Crippen molar-refractivity contribution >= 4 is 0 Å². The zero-order valence-electron chi connectivity index (χ0n) is 9.86. The average Bonchev–Trinajstić information content (AvgIpc) is 2.27. The molecule has 3 nitrogen and oxygen atoms in total. The number of rotatable bonds is 4. The average molecular weight is 218 g/mol. The topological polar surface area (TPSA) is 48.1 Å². The summed E-state index contributed by atoms with van der Waals surface area (Å²) in [6, 6.07) is 1.89. The molecule has 0 aromatic carbocycles. The Morgan fingerprint density at radius 1 is 1.50 bits per heavy atom. The van der Waals surface area contributed by atoms with E-state index in [2.05, 4.69) is 30.7 Å². The van der Waals surface area contributed by atoms with Crippen LogP contribution in [-0.2, 0) is 0 Å². The summed E-state index contributed by atoms with van der Waals surface area (Å²) in [5.41, 5.74) is 6.15. The minimum absolute atomic E-state index is 0.213. The molecule has 1 aromatic heterocycles. The van der Waals surface area contributed by atoms with Gasteiger partial charge in [-0.1, -0.05) is 25.2 Å². The first-order chi connectivity index (χ1) is 7.76. The molecule has 16 heavy (non-hydrogen) atoms. The van der Waals surface area contributed by atoms with Crippen LogP contribution in [0.3, 0.4) is 0 Å². The van der Waals surface area contributed by atoms with E-state index in [9.17, 15) is 0 Å². The summed E-state index contributed by atoms with van der Waals surface area (Å²) in [4.78, 5) is 4.08. The van der Waals surface area contributed by atoms with E-state index < -0.39 is 0 Å². The highest BCUT2D eigenvalue weighted by atomic mass is 16.5. The van der Waals surface area contributed by atoms with Crippen LogP contribution in [0.4, 0.5) is 0 Å². The Morgan fingerprint density at radius 2 is 2.31 bits per heavy atom. The normalized spacial score (nSPS) is 11.4.